The number of carbonyl (C=O) groups excluding carboxylic acids is 1. The minimum Gasteiger partial charge on any atom is -0.338 e. The number of carbonyl (C=O) groups is 1. The zero-order chi connectivity index (χ0) is 17.8. The topological polar surface area (TPSA) is 71.3 Å². The predicted molar refractivity (Wildman–Crippen MR) is 99.7 cm³/mol. The number of hydrogen-bond donors (Lipinski definition) is 2. The van der Waals surface area contributed by atoms with Gasteiger partial charge in [0.1, 0.15) is 5.82 Å². The number of hydrogen-bond acceptors (Lipinski definition) is 3. The monoisotopic (exact) mass is 349 g/mol. The van der Waals surface area contributed by atoms with E-state index in [1.54, 1.807) is 0 Å². The van der Waals surface area contributed by atoms with E-state index in [9.17, 15) is 4.79 Å². The van der Waals surface area contributed by atoms with E-state index >= 15 is 0 Å². The molecule has 0 bridgehead atoms. The normalized spacial score (nSPS) is 15.4. The lowest BCUT2D eigenvalue weighted by molar-refractivity contribution is 0.208. The number of nitrogens with zero attached hydrogens (tertiary/aromatic N) is 3. The van der Waals surface area contributed by atoms with E-state index in [2.05, 4.69) is 33.0 Å². The van der Waals surface area contributed by atoms with Crippen LogP contribution in [0.15, 0.2) is 54.7 Å². The predicted octanol–water partition coefficient (Wildman–Crippen LogP) is 3.11. The van der Waals surface area contributed by atoms with E-state index in [4.69, 9.17) is 0 Å². The van der Waals surface area contributed by atoms with Gasteiger partial charge in [0.05, 0.1) is 6.04 Å². The Balaban J connectivity index is 1.34. The van der Waals surface area contributed by atoms with Gasteiger partial charge in [-0.15, -0.1) is 10.2 Å². The highest BCUT2D eigenvalue weighted by Gasteiger charge is 2.29. The zero-order valence-electron chi connectivity index (χ0n) is 14.6. The molecule has 0 aliphatic heterocycles. The van der Waals surface area contributed by atoms with Crippen LogP contribution in [0.2, 0.25) is 0 Å². The third-order valence-electron chi connectivity index (χ3n) is 5.09. The molecular weight excluding hydrogens is 326 g/mol. The van der Waals surface area contributed by atoms with E-state index in [-0.39, 0.29) is 12.1 Å². The molecule has 1 atom stereocenters. The number of nitrogens with one attached hydrogen (secondary N) is 2. The first-order valence-electron chi connectivity index (χ1n) is 9.19. The molecule has 4 rings (SSSR count). The summed E-state index contributed by atoms with van der Waals surface area (Å²) in [7, 11) is 0. The molecule has 1 saturated carbocycles. The molecule has 0 saturated heterocycles. The Morgan fingerprint density at radius 1 is 1.12 bits per heavy atom. The van der Waals surface area contributed by atoms with Crippen molar-refractivity contribution in [2.45, 2.75) is 31.7 Å². The number of aromatic nitrogens is 3. The molecule has 2 heterocycles. The molecule has 1 fully saturated rings. The number of pyridine rings is 1. The molecule has 1 aliphatic carbocycles. The van der Waals surface area contributed by atoms with Crippen molar-refractivity contribution in [1.29, 1.82) is 0 Å². The van der Waals surface area contributed by atoms with Crippen molar-refractivity contribution in [2.75, 3.05) is 6.54 Å². The molecule has 6 heteroatoms. The molecule has 1 aliphatic rings. The Labute approximate surface area is 152 Å². The molecular formula is C20H23N5O. The quantitative estimate of drug-likeness (QED) is 0.718. The summed E-state index contributed by atoms with van der Waals surface area (Å²) in [6.45, 7) is 0.522. The van der Waals surface area contributed by atoms with Crippen LogP contribution in [0.4, 0.5) is 4.79 Å². The van der Waals surface area contributed by atoms with Gasteiger partial charge >= 0.3 is 6.03 Å². The van der Waals surface area contributed by atoms with Gasteiger partial charge in [-0.05, 0) is 36.5 Å². The third-order valence-corrected chi connectivity index (χ3v) is 5.09. The first-order valence-corrected chi connectivity index (χ1v) is 9.19. The maximum atomic E-state index is 12.4. The molecule has 1 aromatic carbocycles. The van der Waals surface area contributed by atoms with Gasteiger partial charge in [-0.2, -0.15) is 0 Å². The van der Waals surface area contributed by atoms with Crippen LogP contribution in [0.3, 0.4) is 0 Å². The SMILES string of the molecule is O=C(NCCc1nnc2ccccn12)N[C@@H](c1ccccc1)C1CCC1. The van der Waals surface area contributed by atoms with Gasteiger partial charge in [0.15, 0.2) is 5.65 Å². The van der Waals surface area contributed by atoms with Crippen LogP contribution in [0.5, 0.6) is 0 Å². The van der Waals surface area contributed by atoms with Crippen LogP contribution >= 0.6 is 0 Å². The first-order chi connectivity index (χ1) is 12.8. The second-order valence-electron chi connectivity index (χ2n) is 6.77. The fourth-order valence-corrected chi connectivity index (χ4v) is 3.45. The minimum absolute atomic E-state index is 0.0823. The first kappa shape index (κ1) is 16.6. The maximum absolute atomic E-state index is 12.4. The summed E-state index contributed by atoms with van der Waals surface area (Å²) in [5.41, 5.74) is 2.00. The Kier molecular flexibility index (Phi) is 4.82. The second kappa shape index (κ2) is 7.56. The van der Waals surface area contributed by atoms with E-state index in [0.29, 0.717) is 18.9 Å². The highest BCUT2D eigenvalue weighted by Crippen LogP contribution is 2.37. The Morgan fingerprint density at radius 3 is 2.69 bits per heavy atom. The van der Waals surface area contributed by atoms with Crippen molar-refractivity contribution in [3.63, 3.8) is 0 Å². The number of urea groups is 1. The van der Waals surface area contributed by atoms with E-state index in [0.717, 1.165) is 11.5 Å². The minimum atomic E-state index is -0.125. The average molecular weight is 349 g/mol. The van der Waals surface area contributed by atoms with Gasteiger partial charge in [-0.3, -0.25) is 4.40 Å². The standard InChI is InChI=1S/C20H23N5O/c26-20(21-13-12-18-24-23-17-11-4-5-14-25(17)18)22-19(16-9-6-10-16)15-7-2-1-3-8-15/h1-5,7-8,11,14,16,19H,6,9-10,12-13H2,(H2,21,22,26)/t19-/m0/s1. The fourth-order valence-electron chi connectivity index (χ4n) is 3.45. The van der Waals surface area contributed by atoms with Crippen molar-refractivity contribution < 1.29 is 4.79 Å². The second-order valence-corrected chi connectivity index (χ2v) is 6.77. The summed E-state index contributed by atoms with van der Waals surface area (Å²) < 4.78 is 1.95. The van der Waals surface area contributed by atoms with Crippen LogP contribution < -0.4 is 10.6 Å². The van der Waals surface area contributed by atoms with Crippen molar-refractivity contribution in [2.24, 2.45) is 5.92 Å². The summed E-state index contributed by atoms with van der Waals surface area (Å²) in [6.07, 6.45) is 6.17. The summed E-state index contributed by atoms with van der Waals surface area (Å²) in [5.74, 6) is 1.38. The third kappa shape index (κ3) is 3.54. The largest absolute Gasteiger partial charge is 0.338 e. The average Bonchev–Trinajstić information content (AvgIpc) is 3.04. The van der Waals surface area contributed by atoms with Gasteiger partial charge in [-0.1, -0.05) is 42.8 Å². The van der Waals surface area contributed by atoms with Crippen LogP contribution in [0.25, 0.3) is 5.65 Å². The number of benzene rings is 1. The lowest BCUT2D eigenvalue weighted by Crippen LogP contribution is -2.42. The smallest absolute Gasteiger partial charge is 0.315 e. The molecule has 134 valence electrons. The van der Waals surface area contributed by atoms with E-state index in [1.807, 2.05) is 47.0 Å². The summed E-state index contributed by atoms with van der Waals surface area (Å²) in [6, 6.07) is 16.0. The number of amides is 2. The molecule has 2 amide bonds. The molecule has 3 aromatic rings. The van der Waals surface area contributed by atoms with Crippen molar-refractivity contribution >= 4 is 11.7 Å². The lowest BCUT2D eigenvalue weighted by Gasteiger charge is -2.34. The van der Waals surface area contributed by atoms with Crippen molar-refractivity contribution in [1.82, 2.24) is 25.2 Å². The highest BCUT2D eigenvalue weighted by atomic mass is 16.2. The van der Waals surface area contributed by atoms with Crippen molar-refractivity contribution in [3.8, 4) is 0 Å². The Hall–Kier alpha value is -2.89. The molecule has 2 N–H and O–H groups in total. The molecule has 0 unspecified atom stereocenters. The fraction of sp³-hybridized carbons (Fsp3) is 0.350. The Bertz CT molecular complexity index is 872. The van der Waals surface area contributed by atoms with Crippen LogP contribution in [-0.2, 0) is 6.42 Å². The molecule has 6 nitrogen and oxygen atoms in total. The summed E-state index contributed by atoms with van der Waals surface area (Å²) in [5, 5.41) is 14.4. The van der Waals surface area contributed by atoms with Crippen LogP contribution in [0, 0.1) is 5.92 Å². The molecule has 2 aromatic heterocycles. The highest BCUT2D eigenvalue weighted by molar-refractivity contribution is 5.74. The van der Waals surface area contributed by atoms with Crippen molar-refractivity contribution in [3.05, 3.63) is 66.1 Å². The Morgan fingerprint density at radius 2 is 1.92 bits per heavy atom. The number of rotatable bonds is 6. The molecule has 0 radical (unpaired) electrons. The lowest BCUT2D eigenvalue weighted by atomic mass is 9.77. The van der Waals surface area contributed by atoms with E-state index < -0.39 is 0 Å². The van der Waals surface area contributed by atoms with Gasteiger partial charge in [0, 0.05) is 19.2 Å². The molecule has 0 spiro atoms. The van der Waals surface area contributed by atoms with E-state index in [1.165, 1.54) is 24.8 Å². The van der Waals surface area contributed by atoms with Crippen LogP contribution in [-0.4, -0.2) is 27.2 Å². The number of fused-ring (bicyclic) bond motifs is 1. The summed E-state index contributed by atoms with van der Waals surface area (Å²) in [4.78, 5) is 12.4. The van der Waals surface area contributed by atoms with Gasteiger partial charge < -0.3 is 10.6 Å². The van der Waals surface area contributed by atoms with Crippen LogP contribution in [0.1, 0.15) is 36.7 Å². The van der Waals surface area contributed by atoms with Gasteiger partial charge in [0.25, 0.3) is 0 Å². The molecule has 26 heavy (non-hydrogen) atoms. The maximum Gasteiger partial charge on any atom is 0.315 e. The summed E-state index contributed by atoms with van der Waals surface area (Å²) >= 11 is 0. The zero-order valence-corrected chi connectivity index (χ0v) is 14.6. The van der Waals surface area contributed by atoms with Gasteiger partial charge in [-0.25, -0.2) is 4.79 Å². The van der Waals surface area contributed by atoms with Gasteiger partial charge in [0.2, 0.25) is 0 Å².